The van der Waals surface area contributed by atoms with Gasteiger partial charge in [0.25, 0.3) is 0 Å². The predicted octanol–water partition coefficient (Wildman–Crippen LogP) is 2.26. The molecule has 0 saturated heterocycles. The van der Waals surface area contributed by atoms with Crippen LogP contribution in [0.4, 0.5) is 0 Å². The second-order valence-electron chi connectivity index (χ2n) is 5.02. The highest BCUT2D eigenvalue weighted by Gasteiger charge is 2.15. The van der Waals surface area contributed by atoms with E-state index in [-0.39, 0.29) is 16.3 Å². The van der Waals surface area contributed by atoms with E-state index >= 15 is 0 Å². The van der Waals surface area contributed by atoms with E-state index in [0.717, 1.165) is 11.8 Å². The van der Waals surface area contributed by atoms with Crippen LogP contribution in [-0.2, 0) is 26.3 Å². The SMILES string of the molecule is CS(=O)(=O)c1ccc(S(=O)(=O)NCCc2cccc(Cl)c2)cc1. The Morgan fingerprint density at radius 1 is 0.957 bits per heavy atom. The summed E-state index contributed by atoms with van der Waals surface area (Å²) >= 11 is 5.87. The Balaban J connectivity index is 2.04. The Labute approximate surface area is 141 Å². The van der Waals surface area contributed by atoms with Crippen molar-refractivity contribution in [2.24, 2.45) is 0 Å². The molecule has 0 aliphatic heterocycles. The molecule has 1 N–H and O–H groups in total. The van der Waals surface area contributed by atoms with Gasteiger partial charge in [0.2, 0.25) is 10.0 Å². The van der Waals surface area contributed by atoms with Crippen molar-refractivity contribution in [3.8, 4) is 0 Å². The van der Waals surface area contributed by atoms with Crippen molar-refractivity contribution >= 4 is 31.5 Å². The van der Waals surface area contributed by atoms with E-state index in [1.807, 2.05) is 6.07 Å². The Morgan fingerprint density at radius 3 is 2.13 bits per heavy atom. The molecule has 0 aliphatic rings. The highest BCUT2D eigenvalue weighted by atomic mass is 35.5. The number of halogens is 1. The molecule has 0 radical (unpaired) electrons. The van der Waals surface area contributed by atoms with E-state index in [4.69, 9.17) is 11.6 Å². The first kappa shape index (κ1) is 17.9. The van der Waals surface area contributed by atoms with Crippen molar-refractivity contribution in [2.45, 2.75) is 16.2 Å². The van der Waals surface area contributed by atoms with Crippen molar-refractivity contribution < 1.29 is 16.8 Å². The topological polar surface area (TPSA) is 80.3 Å². The van der Waals surface area contributed by atoms with Gasteiger partial charge in [-0.25, -0.2) is 21.6 Å². The maximum atomic E-state index is 12.2. The van der Waals surface area contributed by atoms with Crippen LogP contribution in [0, 0.1) is 0 Å². The number of rotatable bonds is 6. The van der Waals surface area contributed by atoms with Gasteiger partial charge in [-0.3, -0.25) is 0 Å². The summed E-state index contributed by atoms with van der Waals surface area (Å²) in [4.78, 5) is 0.103. The molecule has 0 atom stereocenters. The van der Waals surface area contributed by atoms with Crippen LogP contribution in [0.15, 0.2) is 58.3 Å². The Morgan fingerprint density at radius 2 is 1.57 bits per heavy atom. The third kappa shape index (κ3) is 5.04. The quantitative estimate of drug-likeness (QED) is 0.842. The molecule has 5 nitrogen and oxygen atoms in total. The summed E-state index contributed by atoms with van der Waals surface area (Å²) in [6.45, 7) is 0.219. The molecule has 0 spiro atoms. The Hall–Kier alpha value is -1.41. The minimum atomic E-state index is -3.68. The minimum absolute atomic E-state index is 0.0241. The maximum Gasteiger partial charge on any atom is 0.240 e. The van der Waals surface area contributed by atoms with Gasteiger partial charge >= 0.3 is 0 Å². The van der Waals surface area contributed by atoms with Gasteiger partial charge in [-0.1, -0.05) is 23.7 Å². The molecular weight excluding hydrogens is 358 g/mol. The Kier molecular flexibility index (Phi) is 5.46. The van der Waals surface area contributed by atoms with Gasteiger partial charge in [0.1, 0.15) is 0 Å². The number of hydrogen-bond acceptors (Lipinski definition) is 4. The summed E-state index contributed by atoms with van der Waals surface area (Å²) in [5.41, 5.74) is 0.924. The normalized spacial score (nSPS) is 12.3. The summed E-state index contributed by atoms with van der Waals surface area (Å²) in [5, 5.41) is 0.599. The molecule has 0 aromatic heterocycles. The number of sulfonamides is 1. The molecule has 124 valence electrons. The lowest BCUT2D eigenvalue weighted by atomic mass is 10.2. The number of sulfone groups is 1. The third-order valence-corrected chi connectivity index (χ3v) is 6.00. The molecule has 2 rings (SSSR count). The zero-order valence-electron chi connectivity index (χ0n) is 12.4. The standard InChI is InChI=1S/C15H16ClNO4S2/c1-22(18,19)14-5-7-15(8-6-14)23(20,21)17-10-9-12-3-2-4-13(16)11-12/h2-8,11,17H,9-10H2,1H3. The van der Waals surface area contributed by atoms with Crippen LogP contribution in [0.2, 0.25) is 5.02 Å². The van der Waals surface area contributed by atoms with Crippen molar-refractivity contribution in [3.05, 3.63) is 59.1 Å². The second-order valence-corrected chi connectivity index (χ2v) is 9.24. The zero-order chi connectivity index (χ0) is 17.1. The monoisotopic (exact) mass is 373 g/mol. The van der Waals surface area contributed by atoms with Crippen LogP contribution in [0.5, 0.6) is 0 Å². The fourth-order valence-electron chi connectivity index (χ4n) is 1.97. The van der Waals surface area contributed by atoms with Gasteiger partial charge in [0.05, 0.1) is 9.79 Å². The second kappa shape index (κ2) is 7.00. The van der Waals surface area contributed by atoms with Crippen molar-refractivity contribution in [2.75, 3.05) is 12.8 Å². The molecule has 2 aromatic rings. The summed E-state index contributed by atoms with van der Waals surface area (Å²) in [6.07, 6.45) is 1.57. The average molecular weight is 374 g/mol. The van der Waals surface area contributed by atoms with E-state index in [1.54, 1.807) is 18.2 Å². The first-order valence-corrected chi connectivity index (χ1v) is 10.5. The minimum Gasteiger partial charge on any atom is -0.224 e. The molecule has 0 fully saturated rings. The van der Waals surface area contributed by atoms with Gasteiger partial charge in [-0.2, -0.15) is 0 Å². The van der Waals surface area contributed by atoms with E-state index < -0.39 is 19.9 Å². The highest BCUT2D eigenvalue weighted by Crippen LogP contribution is 2.15. The summed E-state index contributed by atoms with van der Waals surface area (Å²) in [5.74, 6) is 0. The molecule has 0 bridgehead atoms. The van der Waals surface area contributed by atoms with Crippen molar-refractivity contribution in [1.82, 2.24) is 4.72 Å². The van der Waals surface area contributed by atoms with Gasteiger partial charge in [0, 0.05) is 17.8 Å². The van der Waals surface area contributed by atoms with Crippen LogP contribution >= 0.6 is 11.6 Å². The van der Waals surface area contributed by atoms with E-state index in [2.05, 4.69) is 4.72 Å². The summed E-state index contributed by atoms with van der Waals surface area (Å²) in [7, 11) is -7.03. The van der Waals surface area contributed by atoms with E-state index in [9.17, 15) is 16.8 Å². The van der Waals surface area contributed by atoms with Gasteiger partial charge in [0.15, 0.2) is 9.84 Å². The largest absolute Gasteiger partial charge is 0.240 e. The highest BCUT2D eigenvalue weighted by molar-refractivity contribution is 7.90. The smallest absolute Gasteiger partial charge is 0.224 e. The van der Waals surface area contributed by atoms with Gasteiger partial charge < -0.3 is 0 Å². The van der Waals surface area contributed by atoms with Crippen molar-refractivity contribution in [1.29, 1.82) is 0 Å². The predicted molar refractivity (Wildman–Crippen MR) is 89.9 cm³/mol. The van der Waals surface area contributed by atoms with Crippen LogP contribution in [-0.4, -0.2) is 29.6 Å². The lowest BCUT2D eigenvalue weighted by Crippen LogP contribution is -2.26. The van der Waals surface area contributed by atoms with Crippen LogP contribution < -0.4 is 4.72 Å². The zero-order valence-corrected chi connectivity index (χ0v) is 14.7. The fraction of sp³-hybridized carbons (Fsp3) is 0.200. The van der Waals surface area contributed by atoms with Crippen LogP contribution in [0.1, 0.15) is 5.56 Å². The molecule has 0 amide bonds. The molecule has 23 heavy (non-hydrogen) atoms. The summed E-state index contributed by atoms with van der Waals surface area (Å²) in [6, 6.07) is 12.3. The van der Waals surface area contributed by atoms with Crippen LogP contribution in [0.25, 0.3) is 0 Å². The van der Waals surface area contributed by atoms with Crippen molar-refractivity contribution in [3.63, 3.8) is 0 Å². The lowest BCUT2D eigenvalue weighted by Gasteiger charge is -2.08. The molecule has 0 unspecified atom stereocenters. The molecule has 2 aromatic carbocycles. The third-order valence-electron chi connectivity index (χ3n) is 3.16. The maximum absolute atomic E-state index is 12.2. The molecule has 0 aliphatic carbocycles. The first-order valence-electron chi connectivity index (χ1n) is 6.73. The molecule has 0 heterocycles. The number of benzene rings is 2. The number of hydrogen-bond donors (Lipinski definition) is 1. The first-order chi connectivity index (χ1) is 10.7. The van der Waals surface area contributed by atoms with E-state index in [1.165, 1.54) is 24.3 Å². The molecular formula is C15H16ClNO4S2. The lowest BCUT2D eigenvalue weighted by molar-refractivity contribution is 0.581. The fourth-order valence-corrected chi connectivity index (χ4v) is 3.85. The van der Waals surface area contributed by atoms with Crippen LogP contribution in [0.3, 0.4) is 0 Å². The summed E-state index contributed by atoms with van der Waals surface area (Å²) < 4.78 is 49.6. The molecule has 0 saturated carbocycles. The molecule has 8 heteroatoms. The Bertz CT molecular complexity index is 891. The van der Waals surface area contributed by atoms with Gasteiger partial charge in [-0.05, 0) is 48.4 Å². The van der Waals surface area contributed by atoms with Gasteiger partial charge in [-0.15, -0.1) is 0 Å². The number of nitrogens with one attached hydrogen (secondary N) is 1. The average Bonchev–Trinajstić information content (AvgIpc) is 2.46. The van der Waals surface area contributed by atoms with E-state index in [0.29, 0.717) is 11.4 Å².